The molecule has 1 saturated carbocycles. The largest absolute Gasteiger partial charge is 0.375 e. The minimum absolute atomic E-state index is 0.0130. The molecule has 148 valence electrons. The van der Waals surface area contributed by atoms with Crippen molar-refractivity contribution in [3.63, 3.8) is 0 Å². The van der Waals surface area contributed by atoms with Crippen molar-refractivity contribution in [2.24, 2.45) is 0 Å². The molecule has 2 aliphatic rings. The van der Waals surface area contributed by atoms with Crippen molar-refractivity contribution in [2.45, 2.75) is 31.3 Å². The average Bonchev–Trinajstić information content (AvgIpc) is 3.42. The van der Waals surface area contributed by atoms with E-state index in [1.54, 1.807) is 16.2 Å². The first kappa shape index (κ1) is 19.4. The first-order valence-electron chi connectivity index (χ1n) is 9.48. The van der Waals surface area contributed by atoms with Gasteiger partial charge in [0.2, 0.25) is 11.8 Å². The zero-order valence-corrected chi connectivity index (χ0v) is 17.3. The van der Waals surface area contributed by atoms with Gasteiger partial charge in [-0.05, 0) is 54.0 Å². The van der Waals surface area contributed by atoms with Gasteiger partial charge in [-0.2, -0.15) is 0 Å². The lowest BCUT2D eigenvalue weighted by Crippen LogP contribution is -2.48. The van der Waals surface area contributed by atoms with Crippen LogP contribution in [0.3, 0.4) is 0 Å². The van der Waals surface area contributed by atoms with Crippen molar-refractivity contribution in [3.8, 4) is 0 Å². The van der Waals surface area contributed by atoms with Crippen LogP contribution in [-0.2, 0) is 20.7 Å². The normalized spacial score (nSPS) is 18.6. The van der Waals surface area contributed by atoms with Crippen LogP contribution in [0.15, 0.2) is 35.7 Å². The molecule has 28 heavy (non-hydrogen) atoms. The Morgan fingerprint density at radius 3 is 2.68 bits per heavy atom. The first-order chi connectivity index (χ1) is 13.6. The maximum absolute atomic E-state index is 13.3. The minimum atomic E-state index is -0.140. The minimum Gasteiger partial charge on any atom is -0.375 e. The Balaban J connectivity index is 1.60. The molecule has 5 nitrogen and oxygen atoms in total. The summed E-state index contributed by atoms with van der Waals surface area (Å²) >= 11 is 7.81. The molecule has 7 heteroatoms. The lowest BCUT2D eigenvalue weighted by molar-refractivity contribution is -0.144. The van der Waals surface area contributed by atoms with Crippen LogP contribution in [0.25, 0.3) is 0 Å². The molecule has 2 heterocycles. The van der Waals surface area contributed by atoms with Gasteiger partial charge in [-0.3, -0.25) is 9.59 Å². The molecular weight excluding hydrogens is 396 g/mol. The summed E-state index contributed by atoms with van der Waals surface area (Å²) < 4.78 is 5.00. The van der Waals surface area contributed by atoms with Crippen LogP contribution in [0.4, 0.5) is 0 Å². The third-order valence-electron chi connectivity index (χ3n) is 5.35. The molecule has 1 unspecified atom stereocenters. The number of rotatable bonds is 6. The summed E-state index contributed by atoms with van der Waals surface area (Å²) in [6, 6.07) is 9.81. The van der Waals surface area contributed by atoms with E-state index in [0.717, 1.165) is 24.8 Å². The number of fused-ring (bicyclic) bond motifs is 1. The summed E-state index contributed by atoms with van der Waals surface area (Å²) in [6.45, 7) is 0.770. The van der Waals surface area contributed by atoms with Crippen LogP contribution < -0.4 is 0 Å². The monoisotopic (exact) mass is 418 g/mol. The molecule has 0 bridgehead atoms. The van der Waals surface area contributed by atoms with Gasteiger partial charge < -0.3 is 14.5 Å². The van der Waals surface area contributed by atoms with Gasteiger partial charge in [0, 0.05) is 29.6 Å². The van der Waals surface area contributed by atoms with Gasteiger partial charge in [-0.15, -0.1) is 11.3 Å². The number of carbonyl (C=O) groups excluding carboxylic acids is 2. The number of carbonyl (C=O) groups is 2. The molecule has 2 amide bonds. The molecule has 1 aliphatic heterocycles. The SMILES string of the molecule is COCC(=O)N(CC(=O)N1CCc2sccc2C1c1ccc(Cl)cc1)C1CC1. The second kappa shape index (κ2) is 8.23. The molecule has 1 atom stereocenters. The average molecular weight is 419 g/mol. The summed E-state index contributed by atoms with van der Waals surface area (Å²) in [5.74, 6) is -0.136. The molecule has 1 aromatic heterocycles. The molecule has 1 aromatic carbocycles. The lowest BCUT2D eigenvalue weighted by Gasteiger charge is -2.37. The number of hydrogen-bond donors (Lipinski definition) is 0. The standard InChI is InChI=1S/C21H23ClN2O3S/c1-27-13-20(26)24(16-6-7-16)12-19(25)23-10-8-18-17(9-11-28-18)21(23)14-2-4-15(22)5-3-14/h2-5,9,11,16,21H,6-8,10,12-13H2,1H3. The Kier molecular flexibility index (Phi) is 5.71. The van der Waals surface area contributed by atoms with Crippen molar-refractivity contribution in [2.75, 3.05) is 26.8 Å². The van der Waals surface area contributed by atoms with Gasteiger partial charge in [-0.25, -0.2) is 0 Å². The van der Waals surface area contributed by atoms with Crippen LogP contribution in [0, 0.1) is 0 Å². The van der Waals surface area contributed by atoms with Gasteiger partial charge in [-0.1, -0.05) is 23.7 Å². The first-order valence-corrected chi connectivity index (χ1v) is 10.7. The molecule has 2 aromatic rings. The number of ether oxygens (including phenoxy) is 1. The highest BCUT2D eigenvalue weighted by molar-refractivity contribution is 7.10. The molecule has 4 rings (SSSR count). The van der Waals surface area contributed by atoms with E-state index in [1.165, 1.54) is 17.6 Å². The second-order valence-electron chi connectivity index (χ2n) is 7.28. The van der Waals surface area contributed by atoms with Crippen LogP contribution in [0.2, 0.25) is 5.02 Å². The van der Waals surface area contributed by atoms with E-state index in [2.05, 4.69) is 11.4 Å². The van der Waals surface area contributed by atoms with E-state index in [1.807, 2.05) is 29.2 Å². The molecule has 0 radical (unpaired) electrons. The van der Waals surface area contributed by atoms with Crippen molar-refractivity contribution >= 4 is 34.8 Å². The summed E-state index contributed by atoms with van der Waals surface area (Å²) in [5, 5.41) is 2.76. The predicted molar refractivity (Wildman–Crippen MR) is 110 cm³/mol. The van der Waals surface area contributed by atoms with E-state index in [0.29, 0.717) is 11.6 Å². The smallest absolute Gasteiger partial charge is 0.249 e. The summed E-state index contributed by atoms with van der Waals surface area (Å²) in [5.41, 5.74) is 2.21. The van der Waals surface area contributed by atoms with E-state index < -0.39 is 0 Å². The van der Waals surface area contributed by atoms with Crippen molar-refractivity contribution < 1.29 is 14.3 Å². The fraction of sp³-hybridized carbons (Fsp3) is 0.429. The third-order valence-corrected chi connectivity index (χ3v) is 6.60. The number of nitrogens with zero attached hydrogens (tertiary/aromatic N) is 2. The van der Waals surface area contributed by atoms with Crippen LogP contribution in [0.5, 0.6) is 0 Å². The highest BCUT2D eigenvalue weighted by atomic mass is 35.5. The lowest BCUT2D eigenvalue weighted by atomic mass is 9.93. The Labute approximate surface area is 173 Å². The highest BCUT2D eigenvalue weighted by Crippen LogP contribution is 2.38. The van der Waals surface area contributed by atoms with E-state index in [-0.39, 0.29) is 37.0 Å². The number of hydrogen-bond acceptors (Lipinski definition) is 4. The van der Waals surface area contributed by atoms with Gasteiger partial charge in [0.25, 0.3) is 0 Å². The van der Waals surface area contributed by atoms with Crippen LogP contribution in [-0.4, -0.2) is 54.5 Å². The van der Waals surface area contributed by atoms with Crippen LogP contribution in [0.1, 0.15) is 34.9 Å². The number of amides is 2. The Morgan fingerprint density at radius 1 is 1.25 bits per heavy atom. The molecule has 1 fully saturated rings. The molecule has 0 N–H and O–H groups in total. The van der Waals surface area contributed by atoms with Crippen molar-refractivity contribution in [1.29, 1.82) is 0 Å². The predicted octanol–water partition coefficient (Wildman–Crippen LogP) is 3.51. The fourth-order valence-electron chi connectivity index (χ4n) is 3.84. The Hall–Kier alpha value is -1.89. The maximum Gasteiger partial charge on any atom is 0.249 e. The van der Waals surface area contributed by atoms with Gasteiger partial charge in [0.1, 0.15) is 13.2 Å². The number of thiophene rings is 1. The van der Waals surface area contributed by atoms with Gasteiger partial charge in [0.15, 0.2) is 0 Å². The maximum atomic E-state index is 13.3. The number of halogens is 1. The summed E-state index contributed by atoms with van der Waals surface area (Å²) in [7, 11) is 1.50. The summed E-state index contributed by atoms with van der Waals surface area (Å²) in [6.07, 6.45) is 2.76. The van der Waals surface area contributed by atoms with Crippen LogP contribution >= 0.6 is 22.9 Å². The van der Waals surface area contributed by atoms with Gasteiger partial charge in [0.05, 0.1) is 6.04 Å². The molecule has 1 aliphatic carbocycles. The van der Waals surface area contributed by atoms with Crippen molar-refractivity contribution in [1.82, 2.24) is 9.80 Å². The second-order valence-corrected chi connectivity index (χ2v) is 8.71. The topological polar surface area (TPSA) is 49.9 Å². The van der Waals surface area contributed by atoms with Gasteiger partial charge >= 0.3 is 0 Å². The van der Waals surface area contributed by atoms with E-state index in [9.17, 15) is 9.59 Å². The van der Waals surface area contributed by atoms with E-state index in [4.69, 9.17) is 16.3 Å². The molecular formula is C21H23ClN2O3S. The number of benzene rings is 1. The van der Waals surface area contributed by atoms with E-state index >= 15 is 0 Å². The third kappa shape index (κ3) is 3.95. The zero-order chi connectivity index (χ0) is 19.7. The Bertz CT molecular complexity index is 863. The quantitative estimate of drug-likeness (QED) is 0.721. The zero-order valence-electron chi connectivity index (χ0n) is 15.8. The molecule has 0 saturated heterocycles. The fourth-order valence-corrected chi connectivity index (χ4v) is 4.87. The summed E-state index contributed by atoms with van der Waals surface area (Å²) in [4.78, 5) is 30.6. The Morgan fingerprint density at radius 2 is 2.00 bits per heavy atom. The highest BCUT2D eigenvalue weighted by Gasteiger charge is 2.38. The number of methoxy groups -OCH3 is 1. The van der Waals surface area contributed by atoms with Crippen molar-refractivity contribution in [3.05, 3.63) is 56.7 Å². The molecule has 0 spiro atoms.